The van der Waals surface area contributed by atoms with Crippen LogP contribution in [0.4, 0.5) is 0 Å². The topological polar surface area (TPSA) is 95.5 Å². The summed E-state index contributed by atoms with van der Waals surface area (Å²) < 4.78 is 0.888. The molecule has 1 aromatic carbocycles. The lowest BCUT2D eigenvalue weighted by Crippen LogP contribution is -2.30. The van der Waals surface area contributed by atoms with Crippen molar-refractivity contribution >= 4 is 35.3 Å². The molecule has 6 nitrogen and oxygen atoms in total. The Kier molecular flexibility index (Phi) is 3.57. The quantitative estimate of drug-likeness (QED) is 0.756. The third-order valence-electron chi connectivity index (χ3n) is 3.41. The van der Waals surface area contributed by atoms with E-state index >= 15 is 0 Å². The van der Waals surface area contributed by atoms with Crippen molar-refractivity contribution < 1.29 is 14.7 Å². The van der Waals surface area contributed by atoms with E-state index in [4.69, 9.17) is 5.41 Å². The van der Waals surface area contributed by atoms with Gasteiger partial charge in [-0.05, 0) is 30.7 Å². The number of thiazole rings is 1. The number of aryl methyl sites for hydroxylation is 1. The highest BCUT2D eigenvalue weighted by atomic mass is 32.1. The first-order valence-corrected chi connectivity index (χ1v) is 7.62. The van der Waals surface area contributed by atoms with Gasteiger partial charge in [0.25, 0.3) is 5.91 Å². The number of rotatable bonds is 1. The minimum Gasteiger partial charge on any atom is -0.493 e. The second-order valence-corrected chi connectivity index (χ2v) is 6.20. The molecule has 0 radical (unpaired) electrons. The van der Waals surface area contributed by atoms with Crippen molar-refractivity contribution in [2.24, 2.45) is 4.99 Å². The van der Waals surface area contributed by atoms with E-state index in [1.807, 2.05) is 25.1 Å². The summed E-state index contributed by atoms with van der Waals surface area (Å²) in [6, 6.07) is 5.62. The maximum atomic E-state index is 12.1. The van der Waals surface area contributed by atoms with E-state index in [-0.39, 0.29) is 15.6 Å². The first-order valence-electron chi connectivity index (χ1n) is 6.80. The summed E-state index contributed by atoms with van der Waals surface area (Å²) in [5, 5.41) is 19.2. The number of hydrogen-bond acceptors (Lipinski definition) is 5. The number of nitrogens with one attached hydrogen (secondary N) is 1. The van der Waals surface area contributed by atoms with Crippen LogP contribution in [0, 0.1) is 12.3 Å². The Hall–Kier alpha value is -2.80. The van der Waals surface area contributed by atoms with E-state index in [2.05, 4.69) is 4.99 Å². The van der Waals surface area contributed by atoms with Gasteiger partial charge in [0, 0.05) is 17.7 Å². The van der Waals surface area contributed by atoms with Crippen molar-refractivity contribution in [2.75, 3.05) is 0 Å². The third-order valence-corrected chi connectivity index (χ3v) is 4.31. The average Bonchev–Trinajstić information content (AvgIpc) is 2.74. The highest BCUT2D eigenvalue weighted by Gasteiger charge is 2.16. The lowest BCUT2D eigenvalue weighted by atomic mass is 10.1. The molecule has 0 fully saturated rings. The van der Waals surface area contributed by atoms with Crippen molar-refractivity contribution in [3.8, 4) is 5.88 Å². The Labute approximate surface area is 134 Å². The number of fused-ring (bicyclic) bond motifs is 1. The molecule has 1 amide bonds. The van der Waals surface area contributed by atoms with Gasteiger partial charge in [0.1, 0.15) is 0 Å². The van der Waals surface area contributed by atoms with Gasteiger partial charge in [-0.3, -0.25) is 15.0 Å². The number of benzene rings is 1. The number of carbonyl (C=O) groups is 2. The monoisotopic (exact) mass is 327 g/mol. The molecule has 23 heavy (non-hydrogen) atoms. The number of carbonyl (C=O) groups excluding carboxylic acids is 2. The van der Waals surface area contributed by atoms with Crippen LogP contribution in [-0.4, -0.2) is 21.5 Å². The van der Waals surface area contributed by atoms with E-state index < -0.39 is 11.8 Å². The minimum absolute atomic E-state index is 0.0990. The number of nitrogens with zero attached hydrogens (tertiary/aromatic N) is 2. The van der Waals surface area contributed by atoms with Gasteiger partial charge in [-0.2, -0.15) is 0 Å². The predicted molar refractivity (Wildman–Crippen MR) is 85.5 cm³/mol. The molecule has 0 atom stereocenters. The second-order valence-electron chi connectivity index (χ2n) is 5.17. The smallest absolute Gasteiger partial charge is 0.277 e. The van der Waals surface area contributed by atoms with Gasteiger partial charge in [-0.1, -0.05) is 23.5 Å². The van der Waals surface area contributed by atoms with E-state index in [1.54, 1.807) is 6.08 Å². The molecule has 7 heteroatoms. The zero-order valence-electron chi connectivity index (χ0n) is 12.5. The number of hydrogen-bond donors (Lipinski definition) is 2. The van der Waals surface area contributed by atoms with E-state index in [0.29, 0.717) is 10.9 Å². The Bertz CT molecular complexity index is 1060. The third kappa shape index (κ3) is 2.66. The molecule has 2 aromatic rings. The van der Waals surface area contributed by atoms with Crippen LogP contribution in [0.25, 0.3) is 12.2 Å². The molecular weight excluding hydrogens is 314 g/mol. The molecule has 0 bridgehead atoms. The van der Waals surface area contributed by atoms with Crippen LogP contribution < -0.4 is 15.4 Å². The molecule has 1 aromatic heterocycles. The summed E-state index contributed by atoms with van der Waals surface area (Å²) >= 11 is 0.917. The van der Waals surface area contributed by atoms with Crippen LogP contribution >= 0.6 is 11.3 Å². The van der Waals surface area contributed by atoms with Crippen LogP contribution in [0.3, 0.4) is 0 Å². The molecule has 0 saturated heterocycles. The van der Waals surface area contributed by atoms with Crippen molar-refractivity contribution in [1.82, 2.24) is 4.57 Å². The van der Waals surface area contributed by atoms with Crippen LogP contribution in [0.15, 0.2) is 28.8 Å². The molecule has 0 saturated carbocycles. The highest BCUT2D eigenvalue weighted by Crippen LogP contribution is 2.23. The lowest BCUT2D eigenvalue weighted by molar-refractivity contribution is -0.114. The van der Waals surface area contributed by atoms with Gasteiger partial charge >= 0.3 is 0 Å². The zero-order valence-corrected chi connectivity index (χ0v) is 13.3. The fraction of sp³-hybridized carbons (Fsp3) is 0.125. The van der Waals surface area contributed by atoms with Gasteiger partial charge in [0.2, 0.25) is 11.8 Å². The predicted octanol–water partition coefficient (Wildman–Crippen LogP) is 0.727. The fourth-order valence-corrected chi connectivity index (χ4v) is 3.19. The first-order chi connectivity index (χ1) is 10.9. The zero-order chi connectivity index (χ0) is 16.7. The largest absolute Gasteiger partial charge is 0.493 e. The molecule has 3 rings (SSSR count). The first kappa shape index (κ1) is 15.1. The molecule has 116 valence electrons. The summed E-state index contributed by atoms with van der Waals surface area (Å²) in [5.74, 6) is -1.22. The molecule has 0 aliphatic carbocycles. The van der Waals surface area contributed by atoms with E-state index in [9.17, 15) is 14.7 Å². The number of amides is 1. The molecule has 1 aliphatic rings. The summed E-state index contributed by atoms with van der Waals surface area (Å²) in [4.78, 5) is 27.8. The van der Waals surface area contributed by atoms with Gasteiger partial charge in [-0.25, -0.2) is 9.56 Å². The lowest BCUT2D eigenvalue weighted by Gasteiger charge is -2.04. The molecule has 0 unspecified atom stereocenters. The maximum absolute atomic E-state index is 12.1. The number of aromatic nitrogens is 1. The van der Waals surface area contributed by atoms with Crippen LogP contribution in [0.1, 0.15) is 22.2 Å². The normalized spacial score (nSPS) is 15.0. The Morgan fingerprint density at radius 1 is 1.43 bits per heavy atom. The SMILES string of the molecule is CC(=O)n1c(O)c(/C=C2\C=c3ccc(C)cc3=NC2=O)sc1=N. The van der Waals surface area contributed by atoms with E-state index in [1.165, 1.54) is 13.0 Å². The van der Waals surface area contributed by atoms with Crippen molar-refractivity contribution in [2.45, 2.75) is 13.8 Å². The van der Waals surface area contributed by atoms with E-state index in [0.717, 1.165) is 26.7 Å². The van der Waals surface area contributed by atoms with Crippen LogP contribution in [0.5, 0.6) is 5.88 Å². The van der Waals surface area contributed by atoms with Gasteiger partial charge in [0.15, 0.2) is 4.80 Å². The van der Waals surface area contributed by atoms with Crippen LogP contribution in [-0.2, 0) is 4.79 Å². The van der Waals surface area contributed by atoms with Crippen molar-refractivity contribution in [3.63, 3.8) is 0 Å². The molecular formula is C16H13N3O3S. The number of aromatic hydroxyl groups is 1. The summed E-state index contributed by atoms with van der Waals surface area (Å²) in [5.41, 5.74) is 1.31. The molecule has 0 spiro atoms. The Morgan fingerprint density at radius 2 is 2.17 bits per heavy atom. The minimum atomic E-state index is -0.460. The fourth-order valence-electron chi connectivity index (χ4n) is 2.31. The highest BCUT2D eigenvalue weighted by molar-refractivity contribution is 7.10. The molecule has 1 aliphatic heterocycles. The van der Waals surface area contributed by atoms with Crippen molar-refractivity contribution in [1.29, 1.82) is 5.41 Å². The summed E-state index contributed by atoms with van der Waals surface area (Å²) in [7, 11) is 0. The molecule has 2 heterocycles. The Morgan fingerprint density at radius 3 is 2.83 bits per heavy atom. The van der Waals surface area contributed by atoms with Gasteiger partial charge < -0.3 is 5.11 Å². The summed E-state index contributed by atoms with van der Waals surface area (Å²) in [6.45, 7) is 3.18. The second kappa shape index (κ2) is 5.44. The van der Waals surface area contributed by atoms with Gasteiger partial charge in [0.05, 0.1) is 10.2 Å². The van der Waals surface area contributed by atoms with Crippen molar-refractivity contribution in [3.05, 3.63) is 49.6 Å². The molecule has 2 N–H and O–H groups in total. The average molecular weight is 327 g/mol. The standard InChI is InChI=1S/C16H13N3O3S/c1-8-3-4-10-6-11(14(21)18-12(10)5-8)7-13-15(22)19(9(2)20)16(17)23-13/h3-7,17,22H,1-2H3/b11-7+,17-16?. The van der Waals surface area contributed by atoms with Crippen LogP contribution in [0.2, 0.25) is 0 Å². The maximum Gasteiger partial charge on any atom is 0.277 e. The van der Waals surface area contributed by atoms with Gasteiger partial charge in [-0.15, -0.1) is 0 Å². The summed E-state index contributed by atoms with van der Waals surface area (Å²) in [6.07, 6.45) is 3.14. The Balaban J connectivity index is 2.16.